The fraction of sp³-hybridized carbons (Fsp3) is 0.357. The lowest BCUT2D eigenvalue weighted by Crippen LogP contribution is -2.56. The second-order valence-electron chi connectivity index (χ2n) is 10.2. The summed E-state index contributed by atoms with van der Waals surface area (Å²) in [6, 6.07) is 12.2. The van der Waals surface area contributed by atoms with Crippen LogP contribution in [0.5, 0.6) is 0 Å². The molecule has 35 heavy (non-hydrogen) atoms. The monoisotopic (exact) mass is 488 g/mol. The molecule has 1 aliphatic heterocycles. The van der Waals surface area contributed by atoms with Gasteiger partial charge in [-0.3, -0.25) is 19.2 Å². The van der Waals surface area contributed by atoms with E-state index in [0.717, 1.165) is 22.0 Å². The van der Waals surface area contributed by atoms with E-state index in [1.165, 1.54) is 0 Å². The molecule has 5 aliphatic rings. The Labute approximate surface area is 208 Å². The first-order chi connectivity index (χ1) is 16.8. The van der Waals surface area contributed by atoms with Gasteiger partial charge in [0.05, 0.1) is 11.8 Å². The number of ketones is 1. The van der Waals surface area contributed by atoms with Crippen LogP contribution in [0.2, 0.25) is 5.02 Å². The van der Waals surface area contributed by atoms with E-state index in [2.05, 4.69) is 12.2 Å². The van der Waals surface area contributed by atoms with Crippen LogP contribution in [0.4, 0.5) is 0 Å². The lowest BCUT2D eigenvalue weighted by atomic mass is 9.63. The van der Waals surface area contributed by atoms with Crippen molar-refractivity contribution in [3.05, 3.63) is 82.4 Å². The van der Waals surface area contributed by atoms with Gasteiger partial charge in [-0.2, -0.15) is 5.01 Å². The molecule has 1 saturated heterocycles. The number of halogens is 1. The molecule has 0 radical (unpaired) electrons. The molecular formula is C28H25ClN2O4. The number of carbonyl (C=O) groups is 4. The zero-order valence-corrected chi connectivity index (χ0v) is 20.2. The third-order valence-electron chi connectivity index (χ3n) is 8.24. The van der Waals surface area contributed by atoms with Crippen LogP contribution < -0.4 is 0 Å². The lowest BCUT2D eigenvalue weighted by Gasteiger charge is -2.37. The van der Waals surface area contributed by atoms with Crippen molar-refractivity contribution in [1.29, 1.82) is 0 Å². The number of hydrogen-bond donors (Lipinski definition) is 0. The van der Waals surface area contributed by atoms with Gasteiger partial charge >= 0.3 is 0 Å². The standard InChI is InChI=1S/C28H25ClN2O4/c1-14-3-5-16(6-4-14)25(32)15(2)30(26(33)17-7-9-18(29)10-8-17)31-27(34)23-19-11-12-20(22-13-21(19)22)24(23)28(31)35/h3-12,15,19-24H,13H2,1-2H3/t15-,19-,20-,21-,22-,23+,24+/m0/s1. The smallest absolute Gasteiger partial charge is 0.273 e. The van der Waals surface area contributed by atoms with Crippen molar-refractivity contribution in [3.63, 3.8) is 0 Å². The largest absolute Gasteiger partial charge is 0.292 e. The van der Waals surface area contributed by atoms with Gasteiger partial charge in [-0.05, 0) is 68.2 Å². The summed E-state index contributed by atoms with van der Waals surface area (Å²) in [5.74, 6) is -1.70. The van der Waals surface area contributed by atoms with Crippen molar-refractivity contribution in [1.82, 2.24) is 10.0 Å². The SMILES string of the molecule is Cc1ccc(C(=O)[C@H](C)N(C(=O)c2ccc(Cl)cc2)N2C(=O)[C@@H]3[C@H]4C=C[C@@H]([C@@H]5C[C@@H]45)[C@H]3C2=O)cc1. The summed E-state index contributed by atoms with van der Waals surface area (Å²) in [5, 5.41) is 2.53. The van der Waals surface area contributed by atoms with E-state index >= 15 is 0 Å². The Morgan fingerprint density at radius 2 is 1.40 bits per heavy atom. The second kappa shape index (κ2) is 7.89. The van der Waals surface area contributed by atoms with Crippen molar-refractivity contribution in [3.8, 4) is 0 Å². The van der Waals surface area contributed by atoms with E-state index in [9.17, 15) is 19.2 Å². The molecule has 2 aromatic rings. The van der Waals surface area contributed by atoms with Gasteiger partial charge in [-0.15, -0.1) is 0 Å². The highest BCUT2D eigenvalue weighted by Crippen LogP contribution is 2.65. The van der Waals surface area contributed by atoms with Gasteiger partial charge in [0.15, 0.2) is 5.78 Å². The second-order valence-corrected chi connectivity index (χ2v) is 10.6. The van der Waals surface area contributed by atoms with Gasteiger partial charge < -0.3 is 0 Å². The third-order valence-corrected chi connectivity index (χ3v) is 8.49. The summed E-state index contributed by atoms with van der Waals surface area (Å²) in [5.41, 5.74) is 1.66. The molecule has 2 saturated carbocycles. The summed E-state index contributed by atoms with van der Waals surface area (Å²) in [6.45, 7) is 3.49. The Morgan fingerprint density at radius 3 is 1.94 bits per heavy atom. The lowest BCUT2D eigenvalue weighted by molar-refractivity contribution is -0.156. The molecule has 0 unspecified atom stereocenters. The van der Waals surface area contributed by atoms with E-state index in [1.807, 2.05) is 19.1 Å². The summed E-state index contributed by atoms with van der Waals surface area (Å²) >= 11 is 6.01. The Kier molecular flexibility index (Phi) is 5.01. The minimum absolute atomic E-state index is 0.0204. The molecule has 2 aromatic carbocycles. The highest BCUT2D eigenvalue weighted by Gasteiger charge is 2.68. The van der Waals surface area contributed by atoms with Crippen molar-refractivity contribution in [2.24, 2.45) is 35.5 Å². The van der Waals surface area contributed by atoms with E-state index in [0.29, 0.717) is 22.4 Å². The summed E-state index contributed by atoms with van der Waals surface area (Å²) in [4.78, 5) is 54.9. The number of aryl methyl sites for hydroxylation is 1. The summed E-state index contributed by atoms with van der Waals surface area (Å²) in [7, 11) is 0. The quantitative estimate of drug-likeness (QED) is 0.356. The van der Waals surface area contributed by atoms with E-state index in [4.69, 9.17) is 11.6 Å². The first kappa shape index (κ1) is 22.2. The number of imide groups is 1. The average molecular weight is 489 g/mol. The Bertz CT molecular complexity index is 1250. The zero-order chi connectivity index (χ0) is 24.6. The van der Waals surface area contributed by atoms with Crippen LogP contribution in [0, 0.1) is 42.4 Å². The molecule has 7 rings (SSSR count). The molecule has 3 amide bonds. The van der Waals surface area contributed by atoms with Crippen LogP contribution in [-0.4, -0.2) is 39.6 Å². The third kappa shape index (κ3) is 3.30. The predicted octanol–water partition coefficient (Wildman–Crippen LogP) is 4.33. The number of hydrazine groups is 1. The van der Waals surface area contributed by atoms with Crippen molar-refractivity contribution in [2.75, 3.05) is 0 Å². The fourth-order valence-electron chi connectivity index (χ4n) is 6.39. The summed E-state index contributed by atoms with van der Waals surface area (Å²) < 4.78 is 0. The zero-order valence-electron chi connectivity index (χ0n) is 19.4. The average Bonchev–Trinajstić information content (AvgIpc) is 3.64. The number of amides is 3. The number of nitrogens with zero attached hydrogens (tertiary/aromatic N) is 2. The number of Topliss-reactive ketones (excluding diaryl/α,β-unsaturated/α-hetero) is 1. The highest BCUT2D eigenvalue weighted by atomic mass is 35.5. The molecule has 178 valence electrons. The molecule has 2 bridgehead atoms. The first-order valence-corrected chi connectivity index (χ1v) is 12.4. The van der Waals surface area contributed by atoms with Crippen LogP contribution >= 0.6 is 11.6 Å². The molecular weight excluding hydrogens is 464 g/mol. The van der Waals surface area contributed by atoms with Crippen LogP contribution in [0.15, 0.2) is 60.7 Å². The van der Waals surface area contributed by atoms with Crippen LogP contribution in [0.25, 0.3) is 0 Å². The molecule has 6 nitrogen and oxygen atoms in total. The minimum atomic E-state index is -1.06. The molecule has 1 heterocycles. The van der Waals surface area contributed by atoms with E-state index in [-0.39, 0.29) is 35.0 Å². The van der Waals surface area contributed by atoms with Gasteiger partial charge in [-0.1, -0.05) is 53.6 Å². The Balaban J connectivity index is 1.40. The molecule has 7 atom stereocenters. The van der Waals surface area contributed by atoms with Crippen LogP contribution in [0.3, 0.4) is 0 Å². The maximum atomic E-state index is 13.8. The fourth-order valence-corrected chi connectivity index (χ4v) is 6.51. The van der Waals surface area contributed by atoms with Gasteiger partial charge in [0.1, 0.15) is 6.04 Å². The molecule has 4 aliphatic carbocycles. The number of allylic oxidation sites excluding steroid dienone is 2. The van der Waals surface area contributed by atoms with Crippen LogP contribution in [-0.2, 0) is 9.59 Å². The maximum Gasteiger partial charge on any atom is 0.273 e. The minimum Gasteiger partial charge on any atom is -0.292 e. The maximum absolute atomic E-state index is 13.8. The molecule has 0 aromatic heterocycles. The number of hydrogen-bond acceptors (Lipinski definition) is 4. The number of benzene rings is 2. The van der Waals surface area contributed by atoms with E-state index in [1.54, 1.807) is 43.3 Å². The van der Waals surface area contributed by atoms with Gasteiger partial charge in [0, 0.05) is 16.1 Å². The topological polar surface area (TPSA) is 74.8 Å². The number of rotatable bonds is 5. The molecule has 7 heteroatoms. The van der Waals surface area contributed by atoms with Gasteiger partial charge in [0.2, 0.25) is 0 Å². The molecule has 3 fully saturated rings. The van der Waals surface area contributed by atoms with Crippen molar-refractivity contribution < 1.29 is 19.2 Å². The van der Waals surface area contributed by atoms with Crippen molar-refractivity contribution in [2.45, 2.75) is 26.3 Å². The van der Waals surface area contributed by atoms with Crippen molar-refractivity contribution >= 4 is 35.1 Å². The van der Waals surface area contributed by atoms with Gasteiger partial charge in [-0.25, -0.2) is 5.01 Å². The molecule has 0 N–H and O–H groups in total. The highest BCUT2D eigenvalue weighted by molar-refractivity contribution is 6.30. The normalized spacial score (nSPS) is 30.7. The summed E-state index contributed by atoms with van der Waals surface area (Å²) in [6.07, 6.45) is 5.22. The predicted molar refractivity (Wildman–Crippen MR) is 129 cm³/mol. The molecule has 0 spiro atoms. The van der Waals surface area contributed by atoms with E-state index < -0.39 is 23.8 Å². The Hall–Kier alpha value is -3.25. The van der Waals surface area contributed by atoms with Crippen LogP contribution in [0.1, 0.15) is 39.6 Å². The van der Waals surface area contributed by atoms with Gasteiger partial charge in [0.25, 0.3) is 17.7 Å². The first-order valence-electron chi connectivity index (χ1n) is 12.0. The number of carbonyl (C=O) groups excluding carboxylic acids is 4. The Morgan fingerprint density at radius 1 is 0.886 bits per heavy atom.